The Hall–Kier alpha value is -2.95. The number of carbonyl (C=O) groups is 1. The molecule has 0 unspecified atom stereocenters. The maximum atomic E-state index is 12.4. The quantitative estimate of drug-likeness (QED) is 0.806. The van der Waals surface area contributed by atoms with Crippen molar-refractivity contribution in [2.75, 3.05) is 5.32 Å². The molecule has 1 N–H and O–H groups in total. The number of aromatic nitrogens is 3. The highest BCUT2D eigenvalue weighted by Gasteiger charge is 2.09. The monoisotopic (exact) mass is 292 g/mol. The van der Waals surface area contributed by atoms with Crippen molar-refractivity contribution in [3.63, 3.8) is 0 Å². The van der Waals surface area contributed by atoms with Gasteiger partial charge in [-0.1, -0.05) is 24.3 Å². The molecule has 1 amide bonds. The third kappa shape index (κ3) is 2.74. The molecule has 3 rings (SSSR count). The zero-order valence-corrected chi connectivity index (χ0v) is 12.4. The number of nitrogens with zero attached hydrogens (tertiary/aromatic N) is 3. The van der Waals surface area contributed by atoms with E-state index in [4.69, 9.17) is 0 Å². The van der Waals surface area contributed by atoms with E-state index in [-0.39, 0.29) is 5.91 Å². The molecule has 0 radical (unpaired) electrons. The van der Waals surface area contributed by atoms with Gasteiger partial charge in [-0.3, -0.25) is 4.79 Å². The van der Waals surface area contributed by atoms with Gasteiger partial charge in [0, 0.05) is 11.3 Å². The second-order valence-electron chi connectivity index (χ2n) is 5.04. The number of amides is 1. The Morgan fingerprint density at radius 3 is 2.64 bits per heavy atom. The summed E-state index contributed by atoms with van der Waals surface area (Å²) < 4.78 is 1.73. The highest BCUT2D eigenvalue weighted by molar-refractivity contribution is 6.05. The zero-order chi connectivity index (χ0) is 15.5. The van der Waals surface area contributed by atoms with Crippen LogP contribution in [0.2, 0.25) is 0 Å². The van der Waals surface area contributed by atoms with Gasteiger partial charge in [-0.2, -0.15) is 5.10 Å². The first-order valence-electron chi connectivity index (χ1n) is 6.99. The van der Waals surface area contributed by atoms with Gasteiger partial charge in [0.2, 0.25) is 0 Å². The summed E-state index contributed by atoms with van der Waals surface area (Å²) in [5.74, 6) is 0.674. The molecule has 0 aliphatic carbocycles. The Morgan fingerprint density at radius 2 is 1.91 bits per heavy atom. The van der Waals surface area contributed by atoms with E-state index in [9.17, 15) is 4.79 Å². The van der Waals surface area contributed by atoms with Crippen LogP contribution in [0.1, 0.15) is 21.7 Å². The highest BCUT2D eigenvalue weighted by Crippen LogP contribution is 2.17. The normalized spacial score (nSPS) is 10.5. The number of hydrogen-bond acceptors (Lipinski definition) is 3. The van der Waals surface area contributed by atoms with Crippen LogP contribution in [-0.4, -0.2) is 20.7 Å². The van der Waals surface area contributed by atoms with Crippen LogP contribution in [0.15, 0.2) is 54.9 Å². The fourth-order valence-corrected chi connectivity index (χ4v) is 2.29. The summed E-state index contributed by atoms with van der Waals surface area (Å²) in [5.41, 5.74) is 3.20. The summed E-state index contributed by atoms with van der Waals surface area (Å²) in [4.78, 5) is 16.5. The standard InChI is InChI=1S/C17H16N4O/c1-12-6-3-4-9-16(12)17(22)20-14-7-5-8-15(10-14)21-13(2)18-11-19-21/h3-11H,1-2H3,(H,20,22). The fraction of sp³-hybridized carbons (Fsp3) is 0.118. The Labute approximate surface area is 128 Å². The predicted octanol–water partition coefficient (Wildman–Crippen LogP) is 3.14. The fourth-order valence-electron chi connectivity index (χ4n) is 2.29. The molecule has 0 spiro atoms. The molecule has 1 heterocycles. The van der Waals surface area contributed by atoms with Crippen molar-refractivity contribution >= 4 is 11.6 Å². The molecule has 2 aromatic carbocycles. The van der Waals surface area contributed by atoms with Gasteiger partial charge in [-0.25, -0.2) is 9.67 Å². The Morgan fingerprint density at radius 1 is 1.09 bits per heavy atom. The Kier molecular flexibility index (Phi) is 3.70. The Balaban J connectivity index is 1.86. The number of anilines is 1. The van der Waals surface area contributed by atoms with Crippen LogP contribution in [0.25, 0.3) is 5.69 Å². The van der Waals surface area contributed by atoms with Gasteiger partial charge in [-0.15, -0.1) is 0 Å². The summed E-state index contributed by atoms with van der Waals surface area (Å²) in [6.45, 7) is 3.80. The first-order chi connectivity index (χ1) is 10.6. The lowest BCUT2D eigenvalue weighted by Gasteiger charge is -2.09. The van der Waals surface area contributed by atoms with Crippen molar-refractivity contribution in [1.82, 2.24) is 14.8 Å². The second-order valence-corrected chi connectivity index (χ2v) is 5.04. The van der Waals surface area contributed by atoms with Gasteiger partial charge in [-0.05, 0) is 43.7 Å². The molecule has 0 aliphatic heterocycles. The number of aryl methyl sites for hydroxylation is 2. The molecule has 5 nitrogen and oxygen atoms in total. The summed E-state index contributed by atoms with van der Waals surface area (Å²) in [6.07, 6.45) is 1.51. The first kappa shape index (κ1) is 14.0. The molecule has 0 aliphatic rings. The average Bonchev–Trinajstić information content (AvgIpc) is 2.94. The number of hydrogen-bond donors (Lipinski definition) is 1. The molecule has 0 atom stereocenters. The molecule has 0 saturated heterocycles. The number of rotatable bonds is 3. The van der Waals surface area contributed by atoms with Gasteiger partial charge in [0.1, 0.15) is 12.2 Å². The first-order valence-corrected chi connectivity index (χ1v) is 6.99. The van der Waals surface area contributed by atoms with E-state index in [0.29, 0.717) is 5.56 Å². The van der Waals surface area contributed by atoms with Gasteiger partial charge in [0.15, 0.2) is 0 Å². The smallest absolute Gasteiger partial charge is 0.255 e. The van der Waals surface area contributed by atoms with Crippen molar-refractivity contribution in [1.29, 1.82) is 0 Å². The zero-order valence-electron chi connectivity index (χ0n) is 12.4. The van der Waals surface area contributed by atoms with Crippen molar-refractivity contribution in [2.24, 2.45) is 0 Å². The van der Waals surface area contributed by atoms with Crippen LogP contribution in [-0.2, 0) is 0 Å². The van der Waals surface area contributed by atoms with Crippen molar-refractivity contribution in [3.8, 4) is 5.69 Å². The minimum Gasteiger partial charge on any atom is -0.322 e. The maximum Gasteiger partial charge on any atom is 0.255 e. The van der Waals surface area contributed by atoms with E-state index in [0.717, 1.165) is 22.8 Å². The molecule has 0 bridgehead atoms. The SMILES string of the molecule is Cc1ccccc1C(=O)Nc1cccc(-n2ncnc2C)c1. The molecule has 110 valence electrons. The molecular weight excluding hydrogens is 276 g/mol. The number of carbonyl (C=O) groups excluding carboxylic acids is 1. The van der Waals surface area contributed by atoms with E-state index < -0.39 is 0 Å². The van der Waals surface area contributed by atoms with Crippen LogP contribution in [0.4, 0.5) is 5.69 Å². The summed E-state index contributed by atoms with van der Waals surface area (Å²) in [6, 6.07) is 15.0. The lowest BCUT2D eigenvalue weighted by Crippen LogP contribution is -2.13. The number of benzene rings is 2. The average molecular weight is 292 g/mol. The topological polar surface area (TPSA) is 59.8 Å². The van der Waals surface area contributed by atoms with Crippen LogP contribution in [0, 0.1) is 13.8 Å². The third-order valence-electron chi connectivity index (χ3n) is 3.46. The largest absolute Gasteiger partial charge is 0.322 e. The Bertz CT molecular complexity index is 823. The van der Waals surface area contributed by atoms with Crippen LogP contribution < -0.4 is 5.32 Å². The van der Waals surface area contributed by atoms with Crippen LogP contribution in [0.3, 0.4) is 0 Å². The maximum absolute atomic E-state index is 12.4. The van der Waals surface area contributed by atoms with E-state index in [1.807, 2.05) is 62.4 Å². The van der Waals surface area contributed by atoms with E-state index in [2.05, 4.69) is 15.4 Å². The molecule has 0 fully saturated rings. The van der Waals surface area contributed by atoms with E-state index in [1.165, 1.54) is 6.33 Å². The van der Waals surface area contributed by atoms with Crippen molar-refractivity contribution in [3.05, 3.63) is 71.8 Å². The molecular formula is C17H16N4O. The van der Waals surface area contributed by atoms with Gasteiger partial charge in [0.25, 0.3) is 5.91 Å². The minimum atomic E-state index is -0.120. The van der Waals surface area contributed by atoms with Crippen LogP contribution in [0.5, 0.6) is 0 Å². The summed E-state index contributed by atoms with van der Waals surface area (Å²) >= 11 is 0. The van der Waals surface area contributed by atoms with Crippen molar-refractivity contribution < 1.29 is 4.79 Å². The van der Waals surface area contributed by atoms with Gasteiger partial charge >= 0.3 is 0 Å². The van der Waals surface area contributed by atoms with Crippen LogP contribution >= 0.6 is 0 Å². The lowest BCUT2D eigenvalue weighted by atomic mass is 10.1. The number of nitrogens with one attached hydrogen (secondary N) is 1. The van der Waals surface area contributed by atoms with E-state index in [1.54, 1.807) is 4.68 Å². The minimum absolute atomic E-state index is 0.120. The highest BCUT2D eigenvalue weighted by atomic mass is 16.1. The van der Waals surface area contributed by atoms with Gasteiger partial charge in [0.05, 0.1) is 5.69 Å². The van der Waals surface area contributed by atoms with E-state index >= 15 is 0 Å². The summed E-state index contributed by atoms with van der Waals surface area (Å²) in [7, 11) is 0. The molecule has 22 heavy (non-hydrogen) atoms. The molecule has 0 saturated carbocycles. The lowest BCUT2D eigenvalue weighted by molar-refractivity contribution is 0.102. The third-order valence-corrected chi connectivity index (χ3v) is 3.46. The molecule has 5 heteroatoms. The molecule has 3 aromatic rings. The molecule has 1 aromatic heterocycles. The second kappa shape index (κ2) is 5.81. The van der Waals surface area contributed by atoms with Crippen molar-refractivity contribution in [2.45, 2.75) is 13.8 Å². The summed E-state index contributed by atoms with van der Waals surface area (Å²) in [5, 5.41) is 7.09. The van der Waals surface area contributed by atoms with Gasteiger partial charge < -0.3 is 5.32 Å². The predicted molar refractivity (Wildman–Crippen MR) is 85.2 cm³/mol.